The average molecular weight is 413 g/mol. The summed E-state index contributed by atoms with van der Waals surface area (Å²) in [6.07, 6.45) is 9.12. The second kappa shape index (κ2) is 10.9. The third-order valence-electron chi connectivity index (χ3n) is 4.33. The molecule has 0 saturated carbocycles. The molecule has 9 nitrogen and oxygen atoms in total. The summed E-state index contributed by atoms with van der Waals surface area (Å²) in [6, 6.07) is 7.75. The molecule has 4 N–H and O–H groups in total. The van der Waals surface area contributed by atoms with Crippen LogP contribution in [0.4, 0.5) is 27.5 Å². The lowest BCUT2D eigenvalue weighted by Crippen LogP contribution is -2.17. The minimum atomic E-state index is -0.350. The second-order valence-electron chi connectivity index (χ2n) is 6.71. The summed E-state index contributed by atoms with van der Waals surface area (Å²) in [5.41, 5.74) is 3.13. The molecule has 0 saturated heterocycles. The minimum Gasteiger partial charge on any atom is -0.340 e. The van der Waals surface area contributed by atoms with Crippen LogP contribution in [0.3, 0.4) is 0 Å². The van der Waals surface area contributed by atoms with Gasteiger partial charge in [-0.25, -0.2) is 14.9 Å². The number of hydrogen-bond donors (Lipinski definition) is 4. The molecule has 30 heavy (non-hydrogen) atoms. The standard InChI is InChI=1S/C20H24FN7O2/c21-15-6-8-16(9-7-15)24-18-10-11-22-20(26-18)25-17-13-23-28(14-17)12-4-2-1-3-5-19(29)27-30/h6-11,13-14,30H,1-5,12H2,(H,27,29)(H2,22,24,25,26). The maximum absolute atomic E-state index is 13.0. The van der Waals surface area contributed by atoms with Crippen LogP contribution in [0, 0.1) is 5.82 Å². The van der Waals surface area contributed by atoms with Crippen molar-refractivity contribution >= 4 is 29.0 Å². The molecule has 3 rings (SSSR count). The molecule has 0 spiro atoms. The molecule has 2 aromatic heterocycles. The smallest absolute Gasteiger partial charge is 0.243 e. The second-order valence-corrected chi connectivity index (χ2v) is 6.71. The molecule has 1 aromatic carbocycles. The van der Waals surface area contributed by atoms with Crippen molar-refractivity contribution in [3.8, 4) is 0 Å². The summed E-state index contributed by atoms with van der Waals surface area (Å²) in [5, 5.41) is 19.0. The lowest BCUT2D eigenvalue weighted by Gasteiger charge is -2.07. The van der Waals surface area contributed by atoms with Gasteiger partial charge in [0.2, 0.25) is 11.9 Å². The number of carbonyl (C=O) groups is 1. The number of unbranched alkanes of at least 4 members (excludes halogenated alkanes) is 3. The first kappa shape index (κ1) is 21.2. The molecule has 0 radical (unpaired) electrons. The van der Waals surface area contributed by atoms with Gasteiger partial charge in [0.05, 0.1) is 11.9 Å². The first-order chi connectivity index (χ1) is 14.6. The maximum atomic E-state index is 13.0. The van der Waals surface area contributed by atoms with Crippen LogP contribution >= 0.6 is 0 Å². The fraction of sp³-hybridized carbons (Fsp3) is 0.300. The van der Waals surface area contributed by atoms with E-state index in [4.69, 9.17) is 5.21 Å². The van der Waals surface area contributed by atoms with Crippen molar-refractivity contribution in [1.29, 1.82) is 0 Å². The zero-order valence-corrected chi connectivity index (χ0v) is 16.4. The number of hydroxylamine groups is 1. The van der Waals surface area contributed by atoms with Gasteiger partial charge in [0.25, 0.3) is 0 Å². The van der Waals surface area contributed by atoms with Crippen molar-refractivity contribution in [3.05, 3.63) is 54.7 Å². The molecule has 0 aliphatic carbocycles. The number of rotatable bonds is 11. The Balaban J connectivity index is 1.45. The predicted octanol–water partition coefficient (Wildman–Crippen LogP) is 3.76. The zero-order chi connectivity index (χ0) is 21.2. The van der Waals surface area contributed by atoms with Gasteiger partial charge in [-0.3, -0.25) is 14.7 Å². The number of anilines is 4. The van der Waals surface area contributed by atoms with Gasteiger partial charge < -0.3 is 10.6 Å². The Bertz CT molecular complexity index is 946. The third-order valence-corrected chi connectivity index (χ3v) is 4.33. The highest BCUT2D eigenvalue weighted by molar-refractivity contribution is 5.74. The van der Waals surface area contributed by atoms with Crippen molar-refractivity contribution in [2.24, 2.45) is 0 Å². The topological polar surface area (TPSA) is 117 Å². The van der Waals surface area contributed by atoms with E-state index in [1.165, 1.54) is 12.1 Å². The van der Waals surface area contributed by atoms with Crippen molar-refractivity contribution in [1.82, 2.24) is 25.2 Å². The maximum Gasteiger partial charge on any atom is 0.243 e. The molecule has 0 aliphatic heterocycles. The summed E-state index contributed by atoms with van der Waals surface area (Å²) in [7, 11) is 0. The molecule has 3 aromatic rings. The highest BCUT2D eigenvalue weighted by Gasteiger charge is 2.04. The van der Waals surface area contributed by atoms with Gasteiger partial charge in [-0.2, -0.15) is 10.1 Å². The molecule has 0 aliphatic rings. The molecule has 0 unspecified atom stereocenters. The number of hydrogen-bond acceptors (Lipinski definition) is 7. The van der Waals surface area contributed by atoms with E-state index in [0.29, 0.717) is 18.2 Å². The molecule has 1 amide bonds. The average Bonchev–Trinajstić information content (AvgIpc) is 3.19. The molecule has 0 atom stereocenters. The summed E-state index contributed by atoms with van der Waals surface area (Å²) >= 11 is 0. The van der Waals surface area contributed by atoms with E-state index in [2.05, 4.69) is 25.7 Å². The van der Waals surface area contributed by atoms with Crippen LogP contribution in [0.1, 0.15) is 32.1 Å². The van der Waals surface area contributed by atoms with Gasteiger partial charge in [0, 0.05) is 31.0 Å². The van der Waals surface area contributed by atoms with Gasteiger partial charge in [0.15, 0.2) is 0 Å². The van der Waals surface area contributed by atoms with Crippen molar-refractivity contribution < 1.29 is 14.4 Å². The normalized spacial score (nSPS) is 10.6. The van der Waals surface area contributed by atoms with E-state index >= 15 is 0 Å². The van der Waals surface area contributed by atoms with E-state index in [9.17, 15) is 9.18 Å². The van der Waals surface area contributed by atoms with Gasteiger partial charge in [-0.1, -0.05) is 12.8 Å². The number of aryl methyl sites for hydroxylation is 1. The van der Waals surface area contributed by atoms with Crippen LogP contribution in [0.15, 0.2) is 48.9 Å². The lowest BCUT2D eigenvalue weighted by atomic mass is 10.1. The molecule has 158 valence electrons. The van der Waals surface area contributed by atoms with Crippen LogP contribution in [0.5, 0.6) is 0 Å². The number of halogens is 1. The minimum absolute atomic E-state index is 0.295. The number of nitrogens with zero attached hydrogens (tertiary/aromatic N) is 4. The molecular formula is C20H24FN7O2. The molecule has 0 bridgehead atoms. The van der Waals surface area contributed by atoms with Gasteiger partial charge in [0.1, 0.15) is 11.6 Å². The Labute approximate surface area is 173 Å². The Hall–Kier alpha value is -3.53. The Morgan fingerprint density at radius 2 is 1.83 bits per heavy atom. The van der Waals surface area contributed by atoms with Crippen molar-refractivity contribution in [2.45, 2.75) is 38.6 Å². The first-order valence-electron chi connectivity index (χ1n) is 9.70. The number of carbonyl (C=O) groups excluding carboxylic acids is 1. The van der Waals surface area contributed by atoms with Crippen LogP contribution in [0.2, 0.25) is 0 Å². The van der Waals surface area contributed by atoms with Crippen LogP contribution < -0.4 is 16.1 Å². The van der Waals surface area contributed by atoms with E-state index in [-0.39, 0.29) is 11.7 Å². The van der Waals surface area contributed by atoms with Crippen LogP contribution in [-0.4, -0.2) is 30.9 Å². The summed E-state index contributed by atoms with van der Waals surface area (Å²) in [6.45, 7) is 0.765. The van der Waals surface area contributed by atoms with Crippen molar-refractivity contribution in [2.75, 3.05) is 10.6 Å². The number of benzene rings is 1. The highest BCUT2D eigenvalue weighted by Crippen LogP contribution is 2.18. The monoisotopic (exact) mass is 413 g/mol. The fourth-order valence-corrected chi connectivity index (χ4v) is 2.82. The first-order valence-corrected chi connectivity index (χ1v) is 9.70. The van der Waals surface area contributed by atoms with Gasteiger partial charge in [-0.05, 0) is 43.2 Å². The van der Waals surface area contributed by atoms with E-state index < -0.39 is 0 Å². The molecule has 0 fully saturated rings. The number of nitrogens with one attached hydrogen (secondary N) is 3. The zero-order valence-electron chi connectivity index (χ0n) is 16.4. The van der Waals surface area contributed by atoms with Crippen LogP contribution in [-0.2, 0) is 11.3 Å². The summed E-state index contributed by atoms with van der Waals surface area (Å²) in [5.74, 6) is 0.360. The highest BCUT2D eigenvalue weighted by atomic mass is 19.1. The Morgan fingerprint density at radius 3 is 2.63 bits per heavy atom. The van der Waals surface area contributed by atoms with E-state index in [0.717, 1.165) is 43.6 Å². The summed E-state index contributed by atoms with van der Waals surface area (Å²) in [4.78, 5) is 19.5. The quantitative estimate of drug-likeness (QED) is 0.215. The fourth-order valence-electron chi connectivity index (χ4n) is 2.82. The SMILES string of the molecule is O=C(CCCCCCn1cc(Nc2nccc(Nc3ccc(F)cc3)n2)cn1)NO. The third kappa shape index (κ3) is 6.82. The number of amides is 1. The van der Waals surface area contributed by atoms with Crippen molar-refractivity contribution in [3.63, 3.8) is 0 Å². The van der Waals surface area contributed by atoms with E-state index in [1.807, 2.05) is 10.9 Å². The Kier molecular flexibility index (Phi) is 7.67. The largest absolute Gasteiger partial charge is 0.340 e. The summed E-state index contributed by atoms with van der Waals surface area (Å²) < 4.78 is 14.9. The van der Waals surface area contributed by atoms with Crippen LogP contribution in [0.25, 0.3) is 0 Å². The molecule has 2 heterocycles. The van der Waals surface area contributed by atoms with Gasteiger partial charge in [-0.15, -0.1) is 0 Å². The predicted molar refractivity (Wildman–Crippen MR) is 110 cm³/mol. The molecule has 10 heteroatoms. The lowest BCUT2D eigenvalue weighted by molar-refractivity contribution is -0.129. The number of aromatic nitrogens is 4. The van der Waals surface area contributed by atoms with E-state index in [1.54, 1.807) is 36.1 Å². The van der Waals surface area contributed by atoms with Gasteiger partial charge >= 0.3 is 0 Å². The molecular weight excluding hydrogens is 389 g/mol. The Morgan fingerprint density at radius 1 is 1.03 bits per heavy atom.